The highest BCUT2D eigenvalue weighted by atomic mass is 79.9. The number of hydrogen-bond donors (Lipinski definition) is 0. The summed E-state index contributed by atoms with van der Waals surface area (Å²) in [6, 6.07) is 24.2. The molecule has 3 aromatic rings. The normalized spacial score (nSPS) is 12.4. The first-order chi connectivity index (χ1) is 12.2. The fourth-order valence-corrected chi connectivity index (χ4v) is 4.78. The van der Waals surface area contributed by atoms with E-state index in [9.17, 15) is 4.79 Å². The van der Waals surface area contributed by atoms with E-state index in [1.807, 2.05) is 65.6 Å². The molecule has 1 aliphatic rings. The summed E-state index contributed by atoms with van der Waals surface area (Å²) in [6.45, 7) is 0. The van der Waals surface area contributed by atoms with Crippen LogP contribution >= 0.6 is 39.5 Å². The lowest BCUT2D eigenvalue weighted by Gasteiger charge is -2.31. The minimum atomic E-state index is 0.0909. The maximum absolute atomic E-state index is 13.1. The smallest absolute Gasteiger partial charge is 0.241 e. The van der Waals surface area contributed by atoms with Crippen LogP contribution in [-0.2, 0) is 4.79 Å². The van der Waals surface area contributed by atoms with Crippen LogP contribution in [0.4, 0.5) is 11.4 Å². The number of amides is 1. The second kappa shape index (κ2) is 7.28. The van der Waals surface area contributed by atoms with E-state index in [-0.39, 0.29) is 5.91 Å². The molecule has 1 aliphatic heterocycles. The van der Waals surface area contributed by atoms with Gasteiger partial charge in [-0.05, 0) is 48.5 Å². The fourth-order valence-electron chi connectivity index (χ4n) is 2.71. The maximum atomic E-state index is 13.1. The number of anilines is 2. The topological polar surface area (TPSA) is 20.3 Å². The van der Waals surface area contributed by atoms with E-state index < -0.39 is 0 Å². The minimum Gasteiger partial charge on any atom is -0.278 e. The maximum Gasteiger partial charge on any atom is 0.241 e. The predicted molar refractivity (Wildman–Crippen MR) is 109 cm³/mol. The molecule has 0 N–H and O–H groups in total. The van der Waals surface area contributed by atoms with Crippen molar-refractivity contribution in [2.45, 2.75) is 14.7 Å². The van der Waals surface area contributed by atoms with Gasteiger partial charge in [-0.3, -0.25) is 9.69 Å². The molecule has 1 heterocycles. The van der Waals surface area contributed by atoms with Crippen molar-refractivity contribution in [3.8, 4) is 0 Å². The molecular weight excluding hydrogens is 414 g/mol. The van der Waals surface area contributed by atoms with Gasteiger partial charge in [0.15, 0.2) is 0 Å². The summed E-state index contributed by atoms with van der Waals surface area (Å²) in [6.07, 6.45) is 0. The molecule has 4 rings (SSSR count). The van der Waals surface area contributed by atoms with Gasteiger partial charge in [0.05, 0.1) is 17.1 Å². The third kappa shape index (κ3) is 3.50. The Bertz CT molecular complexity index is 881. The number of nitrogens with zero attached hydrogens (tertiary/aromatic N) is 1. The van der Waals surface area contributed by atoms with E-state index in [0.717, 1.165) is 30.5 Å². The Kier molecular flexibility index (Phi) is 4.88. The SMILES string of the molecule is O=C(CSc1ccc(Br)cc1)N1c2ccccc2Sc2ccccc21. The molecule has 2 nitrogen and oxygen atoms in total. The molecule has 25 heavy (non-hydrogen) atoms. The highest BCUT2D eigenvalue weighted by Gasteiger charge is 2.27. The van der Waals surface area contributed by atoms with Crippen LogP contribution in [-0.4, -0.2) is 11.7 Å². The minimum absolute atomic E-state index is 0.0909. The molecule has 0 saturated heterocycles. The average Bonchev–Trinajstić information content (AvgIpc) is 2.65. The monoisotopic (exact) mass is 427 g/mol. The van der Waals surface area contributed by atoms with Crippen LogP contribution in [0.1, 0.15) is 0 Å². The van der Waals surface area contributed by atoms with E-state index in [2.05, 4.69) is 28.1 Å². The summed E-state index contributed by atoms with van der Waals surface area (Å²) in [4.78, 5) is 18.2. The second-order valence-corrected chi connectivity index (χ2v) is 8.56. The van der Waals surface area contributed by atoms with E-state index in [1.165, 1.54) is 0 Å². The van der Waals surface area contributed by atoms with Crippen LogP contribution < -0.4 is 4.90 Å². The highest BCUT2D eigenvalue weighted by Crippen LogP contribution is 2.48. The number of rotatable bonds is 3. The van der Waals surface area contributed by atoms with E-state index in [1.54, 1.807) is 23.5 Å². The highest BCUT2D eigenvalue weighted by molar-refractivity contribution is 9.10. The van der Waals surface area contributed by atoms with Crippen molar-refractivity contribution in [1.82, 2.24) is 0 Å². The first-order valence-electron chi connectivity index (χ1n) is 7.79. The standard InChI is InChI=1S/C20H14BrNOS2/c21-14-9-11-15(12-10-14)24-13-20(23)22-16-5-1-3-7-18(16)25-19-8-4-2-6-17(19)22/h1-12H,13H2. The summed E-state index contributed by atoms with van der Waals surface area (Å²) in [5.74, 6) is 0.489. The van der Waals surface area contributed by atoms with Gasteiger partial charge in [0.1, 0.15) is 0 Å². The predicted octanol–water partition coefficient (Wildman–Crippen LogP) is 6.37. The van der Waals surface area contributed by atoms with Crippen molar-refractivity contribution in [2.75, 3.05) is 10.7 Å². The molecule has 3 aromatic carbocycles. The van der Waals surface area contributed by atoms with Gasteiger partial charge in [0.2, 0.25) is 5.91 Å². The lowest BCUT2D eigenvalue weighted by Crippen LogP contribution is -2.29. The number of carbonyl (C=O) groups is 1. The Balaban J connectivity index is 1.62. The lowest BCUT2D eigenvalue weighted by molar-refractivity contribution is -0.115. The van der Waals surface area contributed by atoms with Gasteiger partial charge in [-0.2, -0.15) is 0 Å². The zero-order valence-electron chi connectivity index (χ0n) is 13.2. The van der Waals surface area contributed by atoms with E-state index >= 15 is 0 Å². The Hall–Kier alpha value is -1.69. The van der Waals surface area contributed by atoms with E-state index in [0.29, 0.717) is 5.75 Å². The van der Waals surface area contributed by atoms with Gasteiger partial charge < -0.3 is 0 Å². The van der Waals surface area contributed by atoms with Crippen molar-refractivity contribution in [3.05, 3.63) is 77.3 Å². The van der Waals surface area contributed by atoms with Crippen molar-refractivity contribution in [2.24, 2.45) is 0 Å². The molecular formula is C20H14BrNOS2. The summed E-state index contributed by atoms with van der Waals surface area (Å²) >= 11 is 6.71. The molecule has 0 aromatic heterocycles. The van der Waals surface area contributed by atoms with Crippen molar-refractivity contribution < 1.29 is 4.79 Å². The van der Waals surface area contributed by atoms with Crippen LogP contribution in [0.15, 0.2) is 92.0 Å². The van der Waals surface area contributed by atoms with Crippen LogP contribution in [0.2, 0.25) is 0 Å². The molecule has 0 atom stereocenters. The van der Waals surface area contributed by atoms with E-state index in [4.69, 9.17) is 0 Å². The Morgan fingerprint density at radius 1 is 0.880 bits per heavy atom. The quantitative estimate of drug-likeness (QED) is 0.452. The zero-order valence-corrected chi connectivity index (χ0v) is 16.4. The van der Waals surface area contributed by atoms with Gasteiger partial charge in [-0.15, -0.1) is 11.8 Å². The molecule has 124 valence electrons. The van der Waals surface area contributed by atoms with Crippen LogP contribution in [0.5, 0.6) is 0 Å². The van der Waals surface area contributed by atoms with Gasteiger partial charge in [0, 0.05) is 19.2 Å². The van der Waals surface area contributed by atoms with Crippen LogP contribution in [0.25, 0.3) is 0 Å². The molecule has 0 saturated carbocycles. The number of carbonyl (C=O) groups excluding carboxylic acids is 1. The first-order valence-corrected chi connectivity index (χ1v) is 10.4. The average molecular weight is 428 g/mol. The van der Waals surface area contributed by atoms with Crippen LogP contribution in [0, 0.1) is 0 Å². The number of fused-ring (bicyclic) bond motifs is 2. The van der Waals surface area contributed by atoms with Crippen molar-refractivity contribution in [1.29, 1.82) is 0 Å². The number of hydrogen-bond acceptors (Lipinski definition) is 3. The number of thioether (sulfide) groups is 1. The van der Waals surface area contributed by atoms with Gasteiger partial charge >= 0.3 is 0 Å². The lowest BCUT2D eigenvalue weighted by atomic mass is 10.2. The third-order valence-electron chi connectivity index (χ3n) is 3.86. The zero-order chi connectivity index (χ0) is 17.2. The Labute approximate surface area is 163 Å². The molecule has 0 spiro atoms. The van der Waals surface area contributed by atoms with Gasteiger partial charge in [0.25, 0.3) is 0 Å². The summed E-state index contributed by atoms with van der Waals surface area (Å²) in [5, 5.41) is 0. The molecule has 1 amide bonds. The van der Waals surface area contributed by atoms with Gasteiger partial charge in [-0.1, -0.05) is 52.0 Å². The summed E-state index contributed by atoms with van der Waals surface area (Å²) in [5.41, 5.74) is 1.93. The number of halogens is 1. The summed E-state index contributed by atoms with van der Waals surface area (Å²) in [7, 11) is 0. The van der Waals surface area contributed by atoms with Crippen molar-refractivity contribution in [3.63, 3.8) is 0 Å². The second-order valence-electron chi connectivity index (χ2n) is 5.51. The number of para-hydroxylation sites is 2. The molecule has 0 aliphatic carbocycles. The fraction of sp³-hybridized carbons (Fsp3) is 0.0500. The molecule has 0 radical (unpaired) electrons. The third-order valence-corrected chi connectivity index (χ3v) is 6.51. The largest absolute Gasteiger partial charge is 0.278 e. The number of benzene rings is 3. The van der Waals surface area contributed by atoms with Crippen molar-refractivity contribution >= 4 is 56.7 Å². The van der Waals surface area contributed by atoms with Gasteiger partial charge in [-0.25, -0.2) is 0 Å². The molecule has 0 bridgehead atoms. The Morgan fingerprint density at radius 2 is 1.44 bits per heavy atom. The van der Waals surface area contributed by atoms with Crippen LogP contribution in [0.3, 0.4) is 0 Å². The molecule has 0 unspecified atom stereocenters. The Morgan fingerprint density at radius 3 is 2.04 bits per heavy atom. The molecule has 0 fully saturated rings. The molecule has 5 heteroatoms. The summed E-state index contributed by atoms with van der Waals surface area (Å²) < 4.78 is 1.04. The first kappa shape index (κ1) is 16.8.